The standard InChI is InChI=1S/C22H23ClN4O/c23-19-5-3-17(4-6-19)20-14-21(27-11-7-16(8-12-27)9-13-28)26-22(25-20)18-2-1-10-24-15-18/h1-6,10,14-16,28H,7-9,11-13H2. The van der Waals surface area contributed by atoms with Gasteiger partial charge in [0.25, 0.3) is 0 Å². The van der Waals surface area contributed by atoms with Crippen LogP contribution in [0.15, 0.2) is 54.9 Å². The first-order valence-corrected chi connectivity index (χ1v) is 10.0. The highest BCUT2D eigenvalue weighted by Crippen LogP contribution is 2.29. The van der Waals surface area contributed by atoms with E-state index in [-0.39, 0.29) is 6.61 Å². The molecular formula is C22H23ClN4O. The van der Waals surface area contributed by atoms with Crippen LogP contribution in [0.1, 0.15) is 19.3 Å². The van der Waals surface area contributed by atoms with E-state index < -0.39 is 0 Å². The van der Waals surface area contributed by atoms with E-state index in [9.17, 15) is 5.11 Å². The number of hydrogen-bond acceptors (Lipinski definition) is 5. The van der Waals surface area contributed by atoms with Gasteiger partial charge in [-0.3, -0.25) is 4.98 Å². The van der Waals surface area contributed by atoms with Crippen molar-refractivity contribution in [3.05, 3.63) is 59.9 Å². The highest BCUT2D eigenvalue weighted by atomic mass is 35.5. The molecule has 4 rings (SSSR count). The summed E-state index contributed by atoms with van der Waals surface area (Å²) >= 11 is 6.05. The molecule has 1 saturated heterocycles. The van der Waals surface area contributed by atoms with Crippen molar-refractivity contribution in [2.45, 2.75) is 19.3 Å². The van der Waals surface area contributed by atoms with Crippen LogP contribution >= 0.6 is 11.6 Å². The lowest BCUT2D eigenvalue weighted by Gasteiger charge is -2.33. The minimum absolute atomic E-state index is 0.268. The number of piperidine rings is 1. The van der Waals surface area contributed by atoms with Crippen LogP contribution in [-0.4, -0.2) is 39.8 Å². The van der Waals surface area contributed by atoms with E-state index in [4.69, 9.17) is 21.6 Å². The summed E-state index contributed by atoms with van der Waals surface area (Å²) in [5.41, 5.74) is 2.78. The number of aromatic nitrogens is 3. The maximum absolute atomic E-state index is 9.20. The highest BCUT2D eigenvalue weighted by molar-refractivity contribution is 6.30. The first-order valence-electron chi connectivity index (χ1n) is 9.64. The molecule has 0 bridgehead atoms. The number of pyridine rings is 1. The van der Waals surface area contributed by atoms with Gasteiger partial charge in [-0.15, -0.1) is 0 Å². The molecule has 0 unspecified atom stereocenters. The molecule has 0 aliphatic carbocycles. The molecule has 0 atom stereocenters. The second-order valence-corrected chi connectivity index (χ2v) is 7.56. The molecule has 3 heterocycles. The molecule has 2 aromatic heterocycles. The van der Waals surface area contributed by atoms with Crippen LogP contribution in [0, 0.1) is 5.92 Å². The average Bonchev–Trinajstić information content (AvgIpc) is 2.75. The summed E-state index contributed by atoms with van der Waals surface area (Å²) in [7, 11) is 0. The predicted octanol–water partition coefficient (Wildman–Crippen LogP) is 4.46. The van der Waals surface area contributed by atoms with E-state index in [0.717, 1.165) is 55.0 Å². The van der Waals surface area contributed by atoms with Gasteiger partial charge in [0, 0.05) is 54.3 Å². The monoisotopic (exact) mass is 394 g/mol. The Morgan fingerprint density at radius 3 is 2.50 bits per heavy atom. The van der Waals surface area contributed by atoms with E-state index in [1.165, 1.54) is 0 Å². The van der Waals surface area contributed by atoms with E-state index in [0.29, 0.717) is 16.8 Å². The summed E-state index contributed by atoms with van der Waals surface area (Å²) in [6, 6.07) is 13.6. The first kappa shape index (κ1) is 18.8. The Hall–Kier alpha value is -2.50. The molecule has 6 heteroatoms. The summed E-state index contributed by atoms with van der Waals surface area (Å²) in [4.78, 5) is 16.2. The fourth-order valence-electron chi connectivity index (χ4n) is 3.62. The largest absolute Gasteiger partial charge is 0.396 e. The first-order chi connectivity index (χ1) is 13.7. The highest BCUT2D eigenvalue weighted by Gasteiger charge is 2.21. The van der Waals surface area contributed by atoms with E-state index in [1.54, 1.807) is 12.4 Å². The minimum atomic E-state index is 0.268. The van der Waals surface area contributed by atoms with Crippen LogP contribution < -0.4 is 4.90 Å². The molecule has 3 aromatic rings. The van der Waals surface area contributed by atoms with Gasteiger partial charge in [0.1, 0.15) is 5.82 Å². The van der Waals surface area contributed by atoms with Crippen molar-refractivity contribution in [1.29, 1.82) is 0 Å². The lowest BCUT2D eigenvalue weighted by Crippen LogP contribution is -2.34. The second kappa shape index (κ2) is 8.67. The third kappa shape index (κ3) is 4.32. The SMILES string of the molecule is OCCC1CCN(c2cc(-c3ccc(Cl)cc3)nc(-c3cccnc3)n2)CC1. The maximum Gasteiger partial charge on any atom is 0.163 e. The lowest BCUT2D eigenvalue weighted by molar-refractivity contribution is 0.240. The second-order valence-electron chi connectivity index (χ2n) is 7.13. The molecule has 1 aliphatic rings. The van der Waals surface area contributed by atoms with Gasteiger partial charge in [-0.25, -0.2) is 9.97 Å². The van der Waals surface area contributed by atoms with Crippen molar-refractivity contribution in [3.8, 4) is 22.6 Å². The third-order valence-electron chi connectivity index (χ3n) is 5.25. The summed E-state index contributed by atoms with van der Waals surface area (Å²) in [5, 5.41) is 9.90. The Morgan fingerprint density at radius 1 is 1.04 bits per heavy atom. The molecule has 144 valence electrons. The Labute approximate surface area is 170 Å². The third-order valence-corrected chi connectivity index (χ3v) is 5.50. The number of rotatable bonds is 5. The van der Waals surface area contributed by atoms with Crippen molar-refractivity contribution >= 4 is 17.4 Å². The zero-order valence-corrected chi connectivity index (χ0v) is 16.4. The number of aliphatic hydroxyl groups is 1. The molecule has 1 aromatic carbocycles. The van der Waals surface area contributed by atoms with Crippen LogP contribution in [0.2, 0.25) is 5.02 Å². The van der Waals surface area contributed by atoms with Gasteiger partial charge in [0.2, 0.25) is 0 Å². The number of nitrogens with zero attached hydrogens (tertiary/aromatic N) is 4. The Bertz CT molecular complexity index is 910. The topological polar surface area (TPSA) is 62.1 Å². The van der Waals surface area contributed by atoms with Crippen molar-refractivity contribution in [2.24, 2.45) is 5.92 Å². The minimum Gasteiger partial charge on any atom is -0.396 e. The molecule has 5 nitrogen and oxygen atoms in total. The number of anilines is 1. The maximum atomic E-state index is 9.20. The Balaban J connectivity index is 1.69. The van der Waals surface area contributed by atoms with Crippen LogP contribution in [0.3, 0.4) is 0 Å². The van der Waals surface area contributed by atoms with Crippen molar-refractivity contribution in [3.63, 3.8) is 0 Å². The van der Waals surface area contributed by atoms with E-state index >= 15 is 0 Å². The van der Waals surface area contributed by atoms with Gasteiger partial charge in [0.15, 0.2) is 5.82 Å². The normalized spacial score (nSPS) is 15.0. The summed E-state index contributed by atoms with van der Waals surface area (Å²) in [6.07, 6.45) is 6.57. The summed E-state index contributed by atoms with van der Waals surface area (Å²) in [5.74, 6) is 2.20. The van der Waals surface area contributed by atoms with Crippen molar-refractivity contribution in [2.75, 3.05) is 24.6 Å². The lowest BCUT2D eigenvalue weighted by atomic mass is 9.94. The molecule has 28 heavy (non-hydrogen) atoms. The Morgan fingerprint density at radius 2 is 1.82 bits per heavy atom. The molecule has 0 amide bonds. The van der Waals surface area contributed by atoms with Gasteiger partial charge in [0.05, 0.1) is 5.69 Å². The Kier molecular flexibility index (Phi) is 5.84. The fourth-order valence-corrected chi connectivity index (χ4v) is 3.75. The van der Waals surface area contributed by atoms with Gasteiger partial charge in [-0.05, 0) is 49.4 Å². The van der Waals surface area contributed by atoms with Gasteiger partial charge >= 0.3 is 0 Å². The van der Waals surface area contributed by atoms with Gasteiger partial charge in [-0.2, -0.15) is 0 Å². The predicted molar refractivity (Wildman–Crippen MR) is 112 cm³/mol. The van der Waals surface area contributed by atoms with Crippen LogP contribution in [0.4, 0.5) is 5.82 Å². The molecule has 0 radical (unpaired) electrons. The summed E-state index contributed by atoms with van der Waals surface area (Å²) < 4.78 is 0. The van der Waals surface area contributed by atoms with E-state index in [1.807, 2.05) is 36.4 Å². The zero-order chi connectivity index (χ0) is 19.3. The molecular weight excluding hydrogens is 372 g/mol. The number of benzene rings is 1. The molecule has 1 aliphatic heterocycles. The number of aliphatic hydroxyl groups excluding tert-OH is 1. The van der Waals surface area contributed by atoms with Crippen molar-refractivity contribution < 1.29 is 5.11 Å². The molecule has 1 fully saturated rings. The number of hydrogen-bond donors (Lipinski definition) is 1. The van der Waals surface area contributed by atoms with Crippen LogP contribution in [0.5, 0.6) is 0 Å². The average molecular weight is 395 g/mol. The molecule has 0 saturated carbocycles. The fraction of sp³-hybridized carbons (Fsp3) is 0.318. The number of halogens is 1. The van der Waals surface area contributed by atoms with E-state index in [2.05, 4.69) is 16.0 Å². The van der Waals surface area contributed by atoms with Gasteiger partial charge in [-0.1, -0.05) is 23.7 Å². The van der Waals surface area contributed by atoms with Gasteiger partial charge < -0.3 is 10.0 Å². The van der Waals surface area contributed by atoms with Crippen molar-refractivity contribution in [1.82, 2.24) is 15.0 Å². The zero-order valence-electron chi connectivity index (χ0n) is 15.6. The summed E-state index contributed by atoms with van der Waals surface area (Å²) in [6.45, 7) is 2.15. The smallest absolute Gasteiger partial charge is 0.163 e. The molecule has 0 spiro atoms. The quantitative estimate of drug-likeness (QED) is 0.692. The van der Waals surface area contributed by atoms with Crippen LogP contribution in [0.25, 0.3) is 22.6 Å². The molecule has 1 N–H and O–H groups in total. The van der Waals surface area contributed by atoms with Crippen LogP contribution in [-0.2, 0) is 0 Å².